The van der Waals surface area contributed by atoms with Crippen LogP contribution in [0.1, 0.15) is 38.2 Å². The Morgan fingerprint density at radius 1 is 0.737 bits per heavy atom. The van der Waals surface area contributed by atoms with Gasteiger partial charge >= 0.3 is 18.9 Å². The summed E-state index contributed by atoms with van der Waals surface area (Å²) in [5.74, 6) is 0. The van der Waals surface area contributed by atoms with E-state index in [4.69, 9.17) is 0 Å². The van der Waals surface area contributed by atoms with Crippen LogP contribution >= 0.6 is 0 Å². The summed E-state index contributed by atoms with van der Waals surface area (Å²) < 4.78 is 0. The summed E-state index contributed by atoms with van der Waals surface area (Å²) in [5.41, 5.74) is 4.22. The van der Waals surface area contributed by atoms with Crippen molar-refractivity contribution in [3.05, 3.63) is 60.2 Å². The van der Waals surface area contributed by atoms with Crippen LogP contribution in [-0.2, 0) is 6.42 Å². The van der Waals surface area contributed by atoms with Crippen molar-refractivity contribution in [3.8, 4) is 11.1 Å². The third-order valence-corrected chi connectivity index (χ3v) is 3.40. The van der Waals surface area contributed by atoms with Crippen LogP contribution in [0.25, 0.3) is 11.1 Å². The molecule has 0 spiro atoms. The Morgan fingerprint density at radius 2 is 1.42 bits per heavy atom. The van der Waals surface area contributed by atoms with Gasteiger partial charge < -0.3 is 0 Å². The van der Waals surface area contributed by atoms with Crippen molar-refractivity contribution >= 4 is 18.9 Å². The topological polar surface area (TPSA) is 0 Å². The van der Waals surface area contributed by atoms with Crippen molar-refractivity contribution in [2.24, 2.45) is 0 Å². The van der Waals surface area contributed by atoms with E-state index in [1.807, 2.05) is 0 Å². The summed E-state index contributed by atoms with van der Waals surface area (Å²) in [7, 11) is 0. The van der Waals surface area contributed by atoms with E-state index in [-0.39, 0.29) is 18.9 Å². The van der Waals surface area contributed by atoms with E-state index in [1.54, 1.807) is 0 Å². The number of unbranched alkanes of at least 4 members (excludes halogenated alkanes) is 3. The average molecular weight is 246 g/mol. The SMILES string of the molecule is CCCCCCc1ccccc1-c1ccccc1.[LiH]. The molecular formula is C18H23Li. The van der Waals surface area contributed by atoms with Crippen LogP contribution in [-0.4, -0.2) is 18.9 Å². The number of rotatable bonds is 6. The second kappa shape index (κ2) is 9.02. The predicted molar refractivity (Wildman–Crippen MR) is 86.9 cm³/mol. The maximum absolute atomic E-state index is 2.27. The van der Waals surface area contributed by atoms with E-state index in [9.17, 15) is 0 Å². The van der Waals surface area contributed by atoms with Crippen LogP contribution in [0.3, 0.4) is 0 Å². The van der Waals surface area contributed by atoms with E-state index in [2.05, 4.69) is 61.5 Å². The van der Waals surface area contributed by atoms with Gasteiger partial charge in [-0.15, -0.1) is 0 Å². The summed E-state index contributed by atoms with van der Waals surface area (Å²) in [4.78, 5) is 0. The van der Waals surface area contributed by atoms with Crippen LogP contribution < -0.4 is 0 Å². The second-order valence-electron chi connectivity index (χ2n) is 4.83. The van der Waals surface area contributed by atoms with Gasteiger partial charge in [-0.1, -0.05) is 80.8 Å². The molecule has 0 aromatic heterocycles. The van der Waals surface area contributed by atoms with Gasteiger partial charge in [-0.2, -0.15) is 0 Å². The third-order valence-electron chi connectivity index (χ3n) is 3.40. The van der Waals surface area contributed by atoms with Crippen LogP contribution in [0.15, 0.2) is 54.6 Å². The Bertz CT molecular complexity index is 462. The van der Waals surface area contributed by atoms with Crippen LogP contribution in [0, 0.1) is 0 Å². The minimum atomic E-state index is 0. The molecule has 0 N–H and O–H groups in total. The zero-order valence-electron chi connectivity index (χ0n) is 11.2. The normalized spacial score (nSPS) is 9.95. The first-order chi connectivity index (χ1) is 8.92. The van der Waals surface area contributed by atoms with Gasteiger partial charge in [0.25, 0.3) is 0 Å². The van der Waals surface area contributed by atoms with Crippen molar-refractivity contribution < 1.29 is 0 Å². The van der Waals surface area contributed by atoms with E-state index < -0.39 is 0 Å². The van der Waals surface area contributed by atoms with Gasteiger partial charge in [0.15, 0.2) is 0 Å². The summed E-state index contributed by atoms with van der Waals surface area (Å²) in [6, 6.07) is 19.5. The first-order valence-corrected chi connectivity index (χ1v) is 7.05. The molecule has 0 aliphatic carbocycles. The van der Waals surface area contributed by atoms with Crippen LogP contribution in [0.2, 0.25) is 0 Å². The predicted octanol–water partition coefficient (Wildman–Crippen LogP) is 4.83. The summed E-state index contributed by atoms with van der Waals surface area (Å²) in [6.45, 7) is 2.26. The molecule has 0 saturated heterocycles. The molecule has 0 amide bonds. The van der Waals surface area contributed by atoms with Crippen LogP contribution in [0.5, 0.6) is 0 Å². The van der Waals surface area contributed by atoms with E-state index in [0.29, 0.717) is 0 Å². The molecule has 0 nitrogen and oxygen atoms in total. The molecule has 0 saturated carbocycles. The van der Waals surface area contributed by atoms with Crippen molar-refractivity contribution in [1.82, 2.24) is 0 Å². The number of benzene rings is 2. The number of hydrogen-bond acceptors (Lipinski definition) is 0. The van der Waals surface area contributed by atoms with Crippen molar-refractivity contribution in [2.75, 3.05) is 0 Å². The molecule has 0 fully saturated rings. The first kappa shape index (κ1) is 16.1. The zero-order valence-corrected chi connectivity index (χ0v) is 11.2. The van der Waals surface area contributed by atoms with Crippen molar-refractivity contribution in [2.45, 2.75) is 39.0 Å². The van der Waals surface area contributed by atoms with Crippen molar-refractivity contribution in [3.63, 3.8) is 0 Å². The van der Waals surface area contributed by atoms with Gasteiger partial charge in [0.05, 0.1) is 0 Å². The van der Waals surface area contributed by atoms with E-state index >= 15 is 0 Å². The molecule has 0 atom stereocenters. The Kier molecular flexibility index (Phi) is 7.64. The fourth-order valence-corrected chi connectivity index (χ4v) is 2.38. The monoisotopic (exact) mass is 246 g/mol. The molecule has 2 aromatic carbocycles. The molecule has 2 aromatic rings. The molecule has 0 bridgehead atoms. The van der Waals surface area contributed by atoms with Gasteiger partial charge in [-0.25, -0.2) is 0 Å². The van der Waals surface area contributed by atoms with Gasteiger partial charge in [-0.05, 0) is 29.5 Å². The van der Waals surface area contributed by atoms with Gasteiger partial charge in [0.1, 0.15) is 0 Å². The van der Waals surface area contributed by atoms with Gasteiger partial charge in [-0.3, -0.25) is 0 Å². The molecule has 0 unspecified atom stereocenters. The summed E-state index contributed by atoms with van der Waals surface area (Å²) >= 11 is 0. The van der Waals surface area contributed by atoms with E-state index in [0.717, 1.165) is 0 Å². The maximum atomic E-state index is 2.27. The van der Waals surface area contributed by atoms with Gasteiger partial charge in [0.2, 0.25) is 0 Å². The Morgan fingerprint density at radius 3 is 2.16 bits per heavy atom. The molecule has 19 heavy (non-hydrogen) atoms. The Balaban J connectivity index is 0.00000180. The molecule has 0 radical (unpaired) electrons. The van der Waals surface area contributed by atoms with Crippen molar-refractivity contribution in [1.29, 1.82) is 0 Å². The number of hydrogen-bond donors (Lipinski definition) is 0. The molecule has 1 heteroatoms. The Hall–Kier alpha value is -0.963. The van der Waals surface area contributed by atoms with E-state index in [1.165, 1.54) is 48.8 Å². The molecule has 0 aliphatic heterocycles. The fraction of sp³-hybridized carbons (Fsp3) is 0.333. The molecule has 96 valence electrons. The summed E-state index contributed by atoms with van der Waals surface area (Å²) in [6.07, 6.45) is 6.51. The Labute approximate surface area is 129 Å². The summed E-state index contributed by atoms with van der Waals surface area (Å²) in [5, 5.41) is 0. The molecule has 2 rings (SSSR count). The third kappa shape index (κ3) is 4.90. The molecule has 0 heterocycles. The molecular weight excluding hydrogens is 223 g/mol. The second-order valence-corrected chi connectivity index (χ2v) is 4.83. The van der Waals surface area contributed by atoms with Gasteiger partial charge in [0, 0.05) is 0 Å². The minimum absolute atomic E-state index is 0. The standard InChI is InChI=1S/C18H22.Li.H/c1-2-3-4-6-11-17-14-9-10-15-18(17)16-12-7-5-8-13-16;;/h5,7-10,12-15H,2-4,6,11H2,1H3;;. The molecule has 0 aliphatic rings. The quantitative estimate of drug-likeness (QED) is 0.506. The zero-order chi connectivity index (χ0) is 12.6. The number of aryl methyl sites for hydroxylation is 1. The fourth-order valence-electron chi connectivity index (χ4n) is 2.38. The van der Waals surface area contributed by atoms with Crippen LogP contribution in [0.4, 0.5) is 0 Å². The first-order valence-electron chi connectivity index (χ1n) is 7.05. The average Bonchev–Trinajstić information content (AvgIpc) is 2.45.